The molecule has 0 bridgehead atoms. The number of aromatic nitrogens is 5. The predicted molar refractivity (Wildman–Crippen MR) is 173 cm³/mol. The molecule has 5 heterocycles. The van der Waals surface area contributed by atoms with E-state index in [1.807, 2.05) is 35.1 Å². The van der Waals surface area contributed by atoms with Crippen molar-refractivity contribution in [1.29, 1.82) is 0 Å². The molecule has 0 amide bonds. The third kappa shape index (κ3) is 6.62. The molecule has 0 spiro atoms. The second kappa shape index (κ2) is 12.5. The van der Waals surface area contributed by atoms with Crippen LogP contribution >= 0.6 is 0 Å². The SMILES string of the molecule is CC(C)(O)Cn1ncc2ccc(COc3cccc(C4CCN(Cc5nc6ccc(C(=O)O)cc6n5C[C@@H]5CCO5)CC4)n3)cc21. The molecule has 1 atom stereocenters. The Kier molecular flexibility index (Phi) is 8.22. The van der Waals surface area contributed by atoms with Gasteiger partial charge in [-0.25, -0.2) is 14.8 Å². The van der Waals surface area contributed by atoms with Crippen molar-refractivity contribution in [3.8, 4) is 5.88 Å². The molecule has 11 nitrogen and oxygen atoms in total. The van der Waals surface area contributed by atoms with E-state index in [0.29, 0.717) is 38.0 Å². The number of carboxylic acid groups (broad SMARTS) is 1. The van der Waals surface area contributed by atoms with Gasteiger partial charge in [-0.1, -0.05) is 18.2 Å². The highest BCUT2D eigenvalue weighted by Gasteiger charge is 2.26. The lowest BCUT2D eigenvalue weighted by Gasteiger charge is -2.32. The molecular weight excluding hydrogens is 584 g/mol. The van der Waals surface area contributed by atoms with Crippen LogP contribution in [0.3, 0.4) is 0 Å². The van der Waals surface area contributed by atoms with Gasteiger partial charge in [0.15, 0.2) is 0 Å². The van der Waals surface area contributed by atoms with Crippen LogP contribution in [0.1, 0.15) is 66.5 Å². The van der Waals surface area contributed by atoms with Crippen molar-refractivity contribution in [1.82, 2.24) is 29.2 Å². The molecule has 0 unspecified atom stereocenters. The van der Waals surface area contributed by atoms with E-state index in [1.165, 1.54) is 0 Å². The lowest BCUT2D eigenvalue weighted by Crippen LogP contribution is -2.35. The summed E-state index contributed by atoms with van der Waals surface area (Å²) in [6.45, 7) is 8.34. The molecule has 0 saturated carbocycles. The molecule has 2 aliphatic heterocycles. The van der Waals surface area contributed by atoms with Crippen molar-refractivity contribution < 1.29 is 24.5 Å². The van der Waals surface area contributed by atoms with E-state index in [-0.39, 0.29) is 11.7 Å². The first-order valence-electron chi connectivity index (χ1n) is 16.0. The molecule has 3 aromatic heterocycles. The first kappa shape index (κ1) is 30.3. The first-order valence-corrected chi connectivity index (χ1v) is 16.0. The largest absolute Gasteiger partial charge is 0.478 e. The molecule has 2 N–H and O–H groups in total. The van der Waals surface area contributed by atoms with Crippen molar-refractivity contribution in [2.24, 2.45) is 0 Å². The predicted octanol–water partition coefficient (Wildman–Crippen LogP) is 5.00. The molecule has 0 radical (unpaired) electrons. The molecule has 11 heteroatoms. The van der Waals surface area contributed by atoms with Crippen LogP contribution in [0.25, 0.3) is 21.9 Å². The lowest BCUT2D eigenvalue weighted by atomic mass is 9.93. The zero-order valence-corrected chi connectivity index (χ0v) is 26.3. The van der Waals surface area contributed by atoms with E-state index in [0.717, 1.165) is 78.0 Å². The number of likely N-dealkylation sites (tertiary alicyclic amines) is 1. The smallest absolute Gasteiger partial charge is 0.335 e. The maximum atomic E-state index is 11.6. The summed E-state index contributed by atoms with van der Waals surface area (Å²) in [5, 5.41) is 25.3. The van der Waals surface area contributed by atoms with E-state index in [2.05, 4.69) is 26.7 Å². The highest BCUT2D eigenvalue weighted by molar-refractivity contribution is 5.92. The number of benzene rings is 2. The Bertz CT molecular complexity index is 1860. The number of nitrogens with zero attached hydrogens (tertiary/aromatic N) is 6. The molecule has 0 aliphatic carbocycles. The van der Waals surface area contributed by atoms with Gasteiger partial charge in [-0.15, -0.1) is 0 Å². The fourth-order valence-electron chi connectivity index (χ4n) is 6.44. The fraction of sp³-hybridized carbons (Fsp3) is 0.429. The summed E-state index contributed by atoms with van der Waals surface area (Å²) >= 11 is 0. The summed E-state index contributed by atoms with van der Waals surface area (Å²) in [6.07, 6.45) is 4.92. The number of rotatable bonds is 11. The third-order valence-corrected chi connectivity index (χ3v) is 9.00. The van der Waals surface area contributed by atoms with Gasteiger partial charge in [0.2, 0.25) is 5.88 Å². The monoisotopic (exact) mass is 624 g/mol. The van der Waals surface area contributed by atoms with Crippen LogP contribution in [0, 0.1) is 0 Å². The average Bonchev–Trinajstić information content (AvgIpc) is 3.56. The molecule has 7 rings (SSSR count). The number of carboxylic acids is 1. The number of hydrogen-bond donors (Lipinski definition) is 2. The van der Waals surface area contributed by atoms with E-state index in [1.54, 1.807) is 32.0 Å². The standard InChI is InChI=1S/C35H40N6O5/c1-35(2,44)22-41-30-16-23(6-7-26(30)18-36-41)21-46-33-5-3-4-28(38-33)24-10-13-39(14-11-24)20-32-37-29-9-8-25(34(42)43)17-31(29)40(32)19-27-12-15-45-27/h3-9,16-18,24,27,44H,10-15,19-22H2,1-2H3,(H,42,43)/t27-/m0/s1. The van der Waals surface area contributed by atoms with Crippen molar-refractivity contribution >= 4 is 27.9 Å². The number of aliphatic hydroxyl groups is 1. The van der Waals surface area contributed by atoms with Crippen LogP contribution < -0.4 is 4.74 Å². The Balaban J connectivity index is 0.988. The van der Waals surface area contributed by atoms with E-state index in [9.17, 15) is 15.0 Å². The Labute approximate surface area is 267 Å². The number of imidazole rings is 1. The van der Waals surface area contributed by atoms with Gasteiger partial charge < -0.3 is 24.3 Å². The molecule has 2 aliphatic rings. The Morgan fingerprint density at radius 1 is 1.04 bits per heavy atom. The summed E-state index contributed by atoms with van der Waals surface area (Å²) in [4.78, 5) is 23.9. The van der Waals surface area contributed by atoms with Gasteiger partial charge in [-0.2, -0.15) is 5.10 Å². The summed E-state index contributed by atoms with van der Waals surface area (Å²) < 4.78 is 15.8. The Morgan fingerprint density at radius 2 is 1.87 bits per heavy atom. The van der Waals surface area contributed by atoms with Gasteiger partial charge in [0, 0.05) is 29.7 Å². The minimum absolute atomic E-state index is 0.140. The number of fused-ring (bicyclic) bond motifs is 2. The molecular formula is C35H40N6O5. The van der Waals surface area contributed by atoms with Crippen LogP contribution in [0.15, 0.2) is 60.8 Å². The maximum absolute atomic E-state index is 11.6. The topological polar surface area (TPSA) is 128 Å². The summed E-state index contributed by atoms with van der Waals surface area (Å²) in [7, 11) is 0. The minimum atomic E-state index is -0.936. The minimum Gasteiger partial charge on any atom is -0.478 e. The zero-order chi connectivity index (χ0) is 31.8. The van der Waals surface area contributed by atoms with Gasteiger partial charge in [0.1, 0.15) is 12.4 Å². The Hall–Kier alpha value is -4.32. The Morgan fingerprint density at radius 3 is 2.61 bits per heavy atom. The van der Waals surface area contributed by atoms with E-state index >= 15 is 0 Å². The first-order chi connectivity index (χ1) is 22.2. The molecule has 46 heavy (non-hydrogen) atoms. The molecule has 2 aromatic carbocycles. The summed E-state index contributed by atoms with van der Waals surface area (Å²) in [6, 6.07) is 17.3. The second-order valence-electron chi connectivity index (χ2n) is 13.2. The lowest BCUT2D eigenvalue weighted by molar-refractivity contribution is -0.0592. The van der Waals surface area contributed by atoms with Crippen molar-refractivity contribution in [2.75, 3.05) is 19.7 Å². The van der Waals surface area contributed by atoms with Crippen LogP contribution in [0.4, 0.5) is 0 Å². The van der Waals surface area contributed by atoms with Crippen molar-refractivity contribution in [2.45, 2.75) is 77.0 Å². The number of ether oxygens (including phenoxy) is 2. The van der Waals surface area contributed by atoms with Gasteiger partial charge in [0.05, 0.1) is 59.6 Å². The number of aromatic carboxylic acids is 1. The zero-order valence-electron chi connectivity index (χ0n) is 26.3. The number of piperidine rings is 1. The summed E-state index contributed by atoms with van der Waals surface area (Å²) in [5.74, 6) is 0.959. The van der Waals surface area contributed by atoms with E-state index < -0.39 is 11.6 Å². The molecule has 2 saturated heterocycles. The molecule has 5 aromatic rings. The highest BCUT2D eigenvalue weighted by atomic mass is 16.5. The third-order valence-electron chi connectivity index (χ3n) is 9.00. The molecule has 2 fully saturated rings. The van der Waals surface area contributed by atoms with Crippen LogP contribution in [-0.4, -0.2) is 76.8 Å². The van der Waals surface area contributed by atoms with Crippen LogP contribution in [-0.2, 0) is 31.0 Å². The average molecular weight is 625 g/mol. The maximum Gasteiger partial charge on any atom is 0.335 e. The number of hydrogen-bond acceptors (Lipinski definition) is 8. The van der Waals surface area contributed by atoms with Gasteiger partial charge in [-0.3, -0.25) is 9.58 Å². The fourth-order valence-corrected chi connectivity index (χ4v) is 6.44. The highest BCUT2D eigenvalue weighted by Crippen LogP contribution is 2.30. The van der Waals surface area contributed by atoms with Crippen LogP contribution in [0.5, 0.6) is 5.88 Å². The van der Waals surface area contributed by atoms with Crippen molar-refractivity contribution in [3.05, 3.63) is 83.4 Å². The van der Waals surface area contributed by atoms with Crippen LogP contribution in [0.2, 0.25) is 0 Å². The second-order valence-corrected chi connectivity index (χ2v) is 13.2. The normalized spacial score (nSPS) is 17.8. The van der Waals surface area contributed by atoms with E-state index in [4.69, 9.17) is 19.4 Å². The van der Waals surface area contributed by atoms with Crippen molar-refractivity contribution in [3.63, 3.8) is 0 Å². The molecule has 240 valence electrons. The van der Waals surface area contributed by atoms with Gasteiger partial charge in [-0.05, 0) is 82.1 Å². The number of pyridine rings is 1. The van der Waals surface area contributed by atoms with Gasteiger partial charge in [0.25, 0.3) is 0 Å². The summed E-state index contributed by atoms with van der Waals surface area (Å²) in [5.41, 5.74) is 4.10. The van der Waals surface area contributed by atoms with Gasteiger partial charge >= 0.3 is 5.97 Å². The quantitative estimate of drug-likeness (QED) is 0.209. The number of carbonyl (C=O) groups is 1.